The fraction of sp³-hybridized carbons (Fsp3) is 0.412. The zero-order valence-electron chi connectivity index (χ0n) is 14.3. The Morgan fingerprint density at radius 3 is 3.04 bits per heavy atom. The predicted octanol–water partition coefficient (Wildman–Crippen LogP) is 0.440. The molecule has 8 nitrogen and oxygen atoms in total. The third-order valence-electron chi connectivity index (χ3n) is 4.36. The molecule has 3 rings (SSSR count). The average molecular weight is 343 g/mol. The normalized spacial score (nSPS) is 16.7. The highest BCUT2D eigenvalue weighted by Gasteiger charge is 2.24. The maximum atomic E-state index is 12.2. The van der Waals surface area contributed by atoms with Crippen LogP contribution < -0.4 is 20.5 Å². The van der Waals surface area contributed by atoms with Gasteiger partial charge < -0.3 is 15.0 Å². The second-order valence-corrected chi connectivity index (χ2v) is 6.07. The van der Waals surface area contributed by atoms with Crippen molar-refractivity contribution < 1.29 is 9.53 Å². The first-order valence-electron chi connectivity index (χ1n) is 8.13. The molecule has 1 aliphatic heterocycles. The molecule has 1 unspecified atom stereocenters. The van der Waals surface area contributed by atoms with Gasteiger partial charge in [-0.15, -0.1) is 0 Å². The number of methoxy groups -OCH3 is 1. The minimum absolute atomic E-state index is 0.124. The van der Waals surface area contributed by atoms with Crippen LogP contribution in [0.15, 0.2) is 35.4 Å². The van der Waals surface area contributed by atoms with Crippen LogP contribution >= 0.6 is 0 Å². The average Bonchev–Trinajstić information content (AvgIpc) is 3.11. The lowest BCUT2D eigenvalue weighted by molar-refractivity contribution is 0.0947. The zero-order chi connectivity index (χ0) is 17.8. The van der Waals surface area contributed by atoms with Gasteiger partial charge in [0.05, 0.1) is 19.0 Å². The van der Waals surface area contributed by atoms with E-state index in [1.165, 1.54) is 11.8 Å². The molecular formula is C17H21N5O3. The molecule has 0 spiro atoms. The molecule has 1 fully saturated rings. The summed E-state index contributed by atoms with van der Waals surface area (Å²) in [5.74, 6) is 0.601. The van der Waals surface area contributed by atoms with Crippen LogP contribution in [0.25, 0.3) is 0 Å². The second kappa shape index (κ2) is 7.33. The fourth-order valence-corrected chi connectivity index (χ4v) is 2.87. The standard InChI is InChI=1S/C17H21N5O3/c1-21-16(23)8-14(10-20-21)22-6-4-12(11-22)9-19-17(24)13-3-5-18-15(7-13)25-2/h3,5,7-8,10,12H,4,6,9,11H2,1-2H3,(H,19,24). The summed E-state index contributed by atoms with van der Waals surface area (Å²) >= 11 is 0. The van der Waals surface area contributed by atoms with Gasteiger partial charge in [-0.3, -0.25) is 9.59 Å². The smallest absolute Gasteiger partial charge is 0.268 e. The van der Waals surface area contributed by atoms with Gasteiger partial charge in [-0.05, 0) is 18.4 Å². The van der Waals surface area contributed by atoms with Gasteiger partial charge in [0, 0.05) is 50.6 Å². The molecule has 132 valence electrons. The molecule has 0 bridgehead atoms. The van der Waals surface area contributed by atoms with E-state index in [0.717, 1.165) is 25.2 Å². The molecule has 1 amide bonds. The lowest BCUT2D eigenvalue weighted by Crippen LogP contribution is -2.31. The third-order valence-corrected chi connectivity index (χ3v) is 4.36. The number of rotatable bonds is 5. The van der Waals surface area contributed by atoms with Crippen molar-refractivity contribution in [2.75, 3.05) is 31.6 Å². The lowest BCUT2D eigenvalue weighted by atomic mass is 10.1. The summed E-state index contributed by atoms with van der Waals surface area (Å²) in [6.07, 6.45) is 4.20. The number of aryl methyl sites for hydroxylation is 1. The number of carbonyl (C=O) groups is 1. The first-order chi connectivity index (χ1) is 12.1. The van der Waals surface area contributed by atoms with Gasteiger partial charge in [0.25, 0.3) is 11.5 Å². The molecule has 1 N–H and O–H groups in total. The van der Waals surface area contributed by atoms with E-state index >= 15 is 0 Å². The SMILES string of the molecule is COc1cc(C(=O)NCC2CCN(c3cnn(C)c(=O)c3)C2)ccn1. The van der Waals surface area contributed by atoms with Crippen LogP contribution in [0.3, 0.4) is 0 Å². The molecule has 0 radical (unpaired) electrons. The number of anilines is 1. The maximum absolute atomic E-state index is 12.2. The van der Waals surface area contributed by atoms with Gasteiger partial charge in [0.15, 0.2) is 0 Å². The number of nitrogens with zero attached hydrogens (tertiary/aromatic N) is 4. The molecule has 2 aromatic heterocycles. The van der Waals surface area contributed by atoms with Crippen LogP contribution in [0.2, 0.25) is 0 Å². The third kappa shape index (κ3) is 3.96. The largest absolute Gasteiger partial charge is 0.481 e. The van der Waals surface area contributed by atoms with Crippen molar-refractivity contribution in [3.8, 4) is 5.88 Å². The van der Waals surface area contributed by atoms with E-state index in [1.54, 1.807) is 37.6 Å². The molecular weight excluding hydrogens is 322 g/mol. The summed E-state index contributed by atoms with van der Waals surface area (Å²) in [5, 5.41) is 7.01. The molecule has 0 saturated carbocycles. The van der Waals surface area contributed by atoms with Gasteiger partial charge in [-0.2, -0.15) is 5.10 Å². The highest BCUT2D eigenvalue weighted by Crippen LogP contribution is 2.21. The summed E-state index contributed by atoms with van der Waals surface area (Å²) in [7, 11) is 3.14. The molecule has 8 heteroatoms. The van der Waals surface area contributed by atoms with E-state index in [0.29, 0.717) is 23.9 Å². The topological polar surface area (TPSA) is 89.4 Å². The van der Waals surface area contributed by atoms with Crippen molar-refractivity contribution in [3.05, 3.63) is 46.5 Å². The summed E-state index contributed by atoms with van der Waals surface area (Å²) in [5.41, 5.74) is 1.23. The van der Waals surface area contributed by atoms with E-state index in [1.807, 2.05) is 0 Å². The van der Waals surface area contributed by atoms with E-state index < -0.39 is 0 Å². The number of aromatic nitrogens is 3. The number of ether oxygens (including phenoxy) is 1. The molecule has 1 aliphatic rings. The number of amides is 1. The van der Waals surface area contributed by atoms with Crippen LogP contribution in [0.5, 0.6) is 5.88 Å². The summed E-state index contributed by atoms with van der Waals surface area (Å²) < 4.78 is 6.34. The molecule has 3 heterocycles. The molecule has 1 saturated heterocycles. The van der Waals surface area contributed by atoms with Crippen LogP contribution in [-0.4, -0.2) is 47.4 Å². The van der Waals surface area contributed by atoms with Crippen LogP contribution in [0.4, 0.5) is 5.69 Å². The van der Waals surface area contributed by atoms with Crippen molar-refractivity contribution in [3.63, 3.8) is 0 Å². The Kier molecular flexibility index (Phi) is 4.97. The Morgan fingerprint density at radius 1 is 1.44 bits per heavy atom. The van der Waals surface area contributed by atoms with Crippen LogP contribution in [0, 0.1) is 5.92 Å². The van der Waals surface area contributed by atoms with Gasteiger partial charge in [0.1, 0.15) is 0 Å². The minimum Gasteiger partial charge on any atom is -0.481 e. The number of hydrogen-bond acceptors (Lipinski definition) is 6. The van der Waals surface area contributed by atoms with Crippen molar-refractivity contribution in [1.82, 2.24) is 20.1 Å². The van der Waals surface area contributed by atoms with E-state index in [-0.39, 0.29) is 11.5 Å². The lowest BCUT2D eigenvalue weighted by Gasteiger charge is -2.18. The van der Waals surface area contributed by atoms with Crippen molar-refractivity contribution in [1.29, 1.82) is 0 Å². The first-order valence-corrected chi connectivity index (χ1v) is 8.13. The van der Waals surface area contributed by atoms with E-state index in [9.17, 15) is 9.59 Å². The second-order valence-electron chi connectivity index (χ2n) is 6.07. The number of carbonyl (C=O) groups excluding carboxylic acids is 1. The fourth-order valence-electron chi connectivity index (χ4n) is 2.87. The highest BCUT2D eigenvalue weighted by atomic mass is 16.5. The Labute approximate surface area is 145 Å². The molecule has 0 aromatic carbocycles. The zero-order valence-corrected chi connectivity index (χ0v) is 14.3. The van der Waals surface area contributed by atoms with Gasteiger partial charge in [-0.1, -0.05) is 0 Å². The number of nitrogens with one attached hydrogen (secondary N) is 1. The summed E-state index contributed by atoms with van der Waals surface area (Å²) in [6, 6.07) is 4.86. The monoisotopic (exact) mass is 343 g/mol. The Hall–Kier alpha value is -2.90. The number of pyridine rings is 1. The molecule has 0 aliphatic carbocycles. The van der Waals surface area contributed by atoms with Crippen LogP contribution in [0.1, 0.15) is 16.8 Å². The minimum atomic E-state index is -0.144. The van der Waals surface area contributed by atoms with Gasteiger partial charge >= 0.3 is 0 Å². The summed E-state index contributed by atoms with van der Waals surface area (Å²) in [4.78, 5) is 30.1. The first kappa shape index (κ1) is 16.9. The van der Waals surface area contributed by atoms with E-state index in [4.69, 9.17) is 4.74 Å². The molecule has 1 atom stereocenters. The van der Waals surface area contributed by atoms with Gasteiger partial charge in [0.2, 0.25) is 5.88 Å². The van der Waals surface area contributed by atoms with Crippen molar-refractivity contribution in [2.45, 2.75) is 6.42 Å². The van der Waals surface area contributed by atoms with Crippen molar-refractivity contribution >= 4 is 11.6 Å². The van der Waals surface area contributed by atoms with E-state index in [2.05, 4.69) is 20.3 Å². The molecule has 2 aromatic rings. The highest BCUT2D eigenvalue weighted by molar-refractivity contribution is 5.94. The Bertz CT molecular complexity index is 820. The van der Waals surface area contributed by atoms with Gasteiger partial charge in [-0.25, -0.2) is 9.67 Å². The number of hydrogen-bond donors (Lipinski definition) is 1. The Morgan fingerprint density at radius 2 is 2.28 bits per heavy atom. The van der Waals surface area contributed by atoms with Crippen molar-refractivity contribution in [2.24, 2.45) is 13.0 Å². The quantitative estimate of drug-likeness (QED) is 0.847. The summed E-state index contributed by atoms with van der Waals surface area (Å²) in [6.45, 7) is 2.21. The van der Waals surface area contributed by atoms with Crippen LogP contribution in [-0.2, 0) is 7.05 Å². The molecule has 25 heavy (non-hydrogen) atoms. The predicted molar refractivity (Wildman–Crippen MR) is 92.9 cm³/mol. The Balaban J connectivity index is 1.55. The maximum Gasteiger partial charge on any atom is 0.268 e.